The lowest BCUT2D eigenvalue weighted by Gasteiger charge is -2.16. The van der Waals surface area contributed by atoms with Gasteiger partial charge in [-0.3, -0.25) is 14.4 Å². The van der Waals surface area contributed by atoms with Gasteiger partial charge in [0, 0.05) is 26.9 Å². The number of ether oxygens (including phenoxy) is 1. The molecule has 0 aromatic carbocycles. The quantitative estimate of drug-likeness (QED) is 0.626. The third-order valence-electron chi connectivity index (χ3n) is 2.02. The number of carbonyl (C=O) groups excluding carboxylic acids is 3. The molecular formula is C10H18N2O4. The van der Waals surface area contributed by atoms with Crippen molar-refractivity contribution < 1.29 is 19.1 Å². The Balaban J connectivity index is 3.70. The van der Waals surface area contributed by atoms with Crippen LogP contribution in [-0.4, -0.2) is 49.9 Å². The van der Waals surface area contributed by atoms with Gasteiger partial charge >= 0.3 is 5.97 Å². The first-order chi connectivity index (χ1) is 7.47. The molecule has 0 saturated heterocycles. The molecule has 16 heavy (non-hydrogen) atoms. The largest absolute Gasteiger partial charge is 0.469 e. The number of methoxy groups -OCH3 is 1. The molecule has 0 aliphatic heterocycles. The zero-order valence-corrected chi connectivity index (χ0v) is 9.91. The minimum absolute atomic E-state index is 0.00986. The normalized spacial score (nSPS) is 9.44. The summed E-state index contributed by atoms with van der Waals surface area (Å²) in [6.07, 6.45) is 0.837. The van der Waals surface area contributed by atoms with Gasteiger partial charge in [0.15, 0.2) is 0 Å². The number of hydrogen-bond acceptors (Lipinski definition) is 4. The van der Waals surface area contributed by atoms with Crippen LogP contribution in [0.15, 0.2) is 0 Å². The smallest absolute Gasteiger partial charge is 0.305 e. The van der Waals surface area contributed by atoms with Crippen molar-refractivity contribution >= 4 is 17.8 Å². The lowest BCUT2D eigenvalue weighted by molar-refractivity contribution is -0.141. The fourth-order valence-electron chi connectivity index (χ4n) is 1.02. The number of nitrogens with one attached hydrogen (secondary N) is 1. The number of hydrogen-bond donors (Lipinski definition) is 1. The molecule has 0 radical (unpaired) electrons. The Morgan fingerprint density at radius 1 is 1.31 bits per heavy atom. The van der Waals surface area contributed by atoms with Crippen molar-refractivity contribution in [2.24, 2.45) is 0 Å². The molecule has 0 heterocycles. The number of carbonyl (C=O) groups is 3. The van der Waals surface area contributed by atoms with Crippen LogP contribution in [0.25, 0.3) is 0 Å². The van der Waals surface area contributed by atoms with Crippen molar-refractivity contribution in [1.82, 2.24) is 10.2 Å². The highest BCUT2D eigenvalue weighted by molar-refractivity contribution is 5.83. The lowest BCUT2D eigenvalue weighted by atomic mass is 10.3. The molecule has 92 valence electrons. The standard InChI is InChI=1S/C10H18N2O4/c1-8(13)11-7-9(14)12(2)6-4-5-10(15)16-3/h4-7H2,1-3H3,(H,11,13). The summed E-state index contributed by atoms with van der Waals surface area (Å²) in [5.74, 6) is -0.709. The molecule has 6 heteroatoms. The average Bonchev–Trinajstić information content (AvgIpc) is 2.25. The molecule has 0 aromatic rings. The van der Waals surface area contributed by atoms with E-state index in [1.54, 1.807) is 7.05 Å². The predicted molar refractivity (Wildman–Crippen MR) is 57.6 cm³/mol. The summed E-state index contributed by atoms with van der Waals surface area (Å²) in [7, 11) is 2.95. The van der Waals surface area contributed by atoms with Crippen molar-refractivity contribution in [3.05, 3.63) is 0 Å². The van der Waals surface area contributed by atoms with Crippen molar-refractivity contribution in [3.63, 3.8) is 0 Å². The Bertz CT molecular complexity index is 266. The van der Waals surface area contributed by atoms with Crippen molar-refractivity contribution in [2.45, 2.75) is 19.8 Å². The zero-order valence-electron chi connectivity index (χ0n) is 9.91. The SMILES string of the molecule is COC(=O)CCCN(C)C(=O)CNC(C)=O. The van der Waals surface area contributed by atoms with Gasteiger partial charge in [0.1, 0.15) is 0 Å². The third kappa shape index (κ3) is 6.80. The Kier molecular flexibility index (Phi) is 6.91. The van der Waals surface area contributed by atoms with Gasteiger partial charge < -0.3 is 15.0 Å². The summed E-state index contributed by atoms with van der Waals surface area (Å²) >= 11 is 0. The molecule has 0 saturated carbocycles. The Hall–Kier alpha value is -1.59. The fraction of sp³-hybridized carbons (Fsp3) is 0.700. The van der Waals surface area contributed by atoms with Crippen molar-refractivity contribution in [3.8, 4) is 0 Å². The molecule has 0 fully saturated rings. The molecule has 0 rings (SSSR count). The lowest BCUT2D eigenvalue weighted by Crippen LogP contribution is -2.37. The summed E-state index contributed by atoms with van der Waals surface area (Å²) in [5.41, 5.74) is 0. The average molecular weight is 230 g/mol. The van der Waals surface area contributed by atoms with Gasteiger partial charge in [-0.05, 0) is 6.42 Å². The van der Waals surface area contributed by atoms with Crippen LogP contribution in [0.1, 0.15) is 19.8 Å². The van der Waals surface area contributed by atoms with E-state index in [0.29, 0.717) is 13.0 Å². The maximum Gasteiger partial charge on any atom is 0.305 e. The maximum atomic E-state index is 11.4. The second-order valence-electron chi connectivity index (χ2n) is 3.40. The van der Waals surface area contributed by atoms with Gasteiger partial charge in [0.2, 0.25) is 11.8 Å². The Labute approximate surface area is 94.9 Å². The molecule has 0 aromatic heterocycles. The van der Waals surface area contributed by atoms with Crippen LogP contribution in [-0.2, 0) is 19.1 Å². The van der Waals surface area contributed by atoms with Gasteiger partial charge in [-0.25, -0.2) is 0 Å². The van der Waals surface area contributed by atoms with E-state index in [9.17, 15) is 14.4 Å². The first-order valence-corrected chi connectivity index (χ1v) is 5.02. The molecule has 1 N–H and O–H groups in total. The number of nitrogens with zero attached hydrogens (tertiary/aromatic N) is 1. The van der Waals surface area contributed by atoms with Crippen LogP contribution in [0.2, 0.25) is 0 Å². The number of likely N-dealkylation sites (N-methyl/N-ethyl adjacent to an activating group) is 1. The molecule has 2 amide bonds. The van der Waals surface area contributed by atoms with E-state index < -0.39 is 0 Å². The Morgan fingerprint density at radius 3 is 2.44 bits per heavy atom. The summed E-state index contributed by atoms with van der Waals surface area (Å²) < 4.78 is 4.47. The summed E-state index contributed by atoms with van der Waals surface area (Å²) in [6.45, 7) is 1.81. The van der Waals surface area contributed by atoms with Crippen LogP contribution < -0.4 is 5.32 Å². The number of rotatable bonds is 6. The van der Waals surface area contributed by atoms with Crippen LogP contribution in [0.4, 0.5) is 0 Å². The maximum absolute atomic E-state index is 11.4. The van der Waals surface area contributed by atoms with Gasteiger partial charge in [0.25, 0.3) is 0 Å². The minimum atomic E-state index is -0.289. The summed E-state index contributed by atoms with van der Waals surface area (Å²) in [5, 5.41) is 2.41. The van der Waals surface area contributed by atoms with Crippen LogP contribution in [0, 0.1) is 0 Å². The number of esters is 1. The van der Waals surface area contributed by atoms with Crippen LogP contribution >= 0.6 is 0 Å². The first kappa shape index (κ1) is 14.4. The first-order valence-electron chi connectivity index (χ1n) is 5.02. The molecule has 0 bridgehead atoms. The van der Waals surface area contributed by atoms with Gasteiger partial charge in [-0.2, -0.15) is 0 Å². The zero-order chi connectivity index (χ0) is 12.6. The van der Waals surface area contributed by atoms with Gasteiger partial charge in [-0.1, -0.05) is 0 Å². The molecule has 0 spiro atoms. The molecule has 0 aliphatic rings. The summed E-state index contributed by atoms with van der Waals surface area (Å²) in [6, 6.07) is 0. The topological polar surface area (TPSA) is 75.7 Å². The second-order valence-corrected chi connectivity index (χ2v) is 3.40. The third-order valence-corrected chi connectivity index (χ3v) is 2.02. The molecule has 0 atom stereocenters. The van der Waals surface area contributed by atoms with E-state index in [4.69, 9.17) is 0 Å². The van der Waals surface area contributed by atoms with E-state index in [-0.39, 0.29) is 30.7 Å². The van der Waals surface area contributed by atoms with E-state index in [2.05, 4.69) is 10.1 Å². The van der Waals surface area contributed by atoms with Crippen LogP contribution in [0.3, 0.4) is 0 Å². The number of amides is 2. The monoisotopic (exact) mass is 230 g/mol. The fourth-order valence-corrected chi connectivity index (χ4v) is 1.02. The molecule has 0 aliphatic carbocycles. The van der Waals surface area contributed by atoms with E-state index in [1.807, 2.05) is 0 Å². The van der Waals surface area contributed by atoms with Crippen molar-refractivity contribution in [1.29, 1.82) is 0 Å². The van der Waals surface area contributed by atoms with E-state index >= 15 is 0 Å². The highest BCUT2D eigenvalue weighted by Gasteiger charge is 2.09. The van der Waals surface area contributed by atoms with E-state index in [0.717, 1.165) is 0 Å². The molecular weight excluding hydrogens is 212 g/mol. The van der Waals surface area contributed by atoms with Gasteiger partial charge in [-0.15, -0.1) is 0 Å². The highest BCUT2D eigenvalue weighted by atomic mass is 16.5. The van der Waals surface area contributed by atoms with E-state index in [1.165, 1.54) is 18.9 Å². The minimum Gasteiger partial charge on any atom is -0.469 e. The second kappa shape index (κ2) is 7.67. The molecule has 6 nitrogen and oxygen atoms in total. The van der Waals surface area contributed by atoms with Gasteiger partial charge in [0.05, 0.1) is 13.7 Å². The predicted octanol–water partition coefficient (Wildman–Crippen LogP) is -0.466. The summed E-state index contributed by atoms with van der Waals surface area (Å²) in [4.78, 5) is 34.2. The van der Waals surface area contributed by atoms with Crippen molar-refractivity contribution in [2.75, 3.05) is 27.2 Å². The molecule has 0 unspecified atom stereocenters. The highest BCUT2D eigenvalue weighted by Crippen LogP contribution is 1.95. The Morgan fingerprint density at radius 2 is 1.94 bits per heavy atom. The van der Waals surface area contributed by atoms with Crippen LogP contribution in [0.5, 0.6) is 0 Å².